The number of carbonyl (C=O) groups is 1. The number of fused-ring (bicyclic) bond motifs is 2. The fraction of sp³-hybridized carbons (Fsp3) is 0.381. The molecular weight excluding hydrogens is 368 g/mol. The first kappa shape index (κ1) is 17.8. The first-order valence-electron chi connectivity index (χ1n) is 9.69. The largest absolute Gasteiger partial charge is 0.337 e. The minimum Gasteiger partial charge on any atom is -0.337 e. The third-order valence-corrected chi connectivity index (χ3v) is 6.13. The Morgan fingerprint density at radius 2 is 2.00 bits per heavy atom. The molecule has 29 heavy (non-hydrogen) atoms. The highest BCUT2D eigenvalue weighted by atomic mass is 16.5. The van der Waals surface area contributed by atoms with Gasteiger partial charge in [0.05, 0.1) is 6.33 Å². The van der Waals surface area contributed by atoms with Crippen molar-refractivity contribution in [3.63, 3.8) is 0 Å². The number of amides is 1. The van der Waals surface area contributed by atoms with Gasteiger partial charge in [-0.25, -0.2) is 9.98 Å². The predicted molar refractivity (Wildman–Crippen MR) is 106 cm³/mol. The normalized spacial score (nSPS) is 21.9. The van der Waals surface area contributed by atoms with E-state index in [0.717, 1.165) is 18.7 Å². The number of aryl methyl sites for hydroxylation is 1. The van der Waals surface area contributed by atoms with Crippen LogP contribution in [0.15, 0.2) is 40.1 Å². The monoisotopic (exact) mass is 390 g/mol. The molecule has 0 N–H and O–H groups in total. The van der Waals surface area contributed by atoms with Gasteiger partial charge in [-0.1, -0.05) is 29.4 Å². The molecule has 0 aliphatic heterocycles. The lowest BCUT2D eigenvalue weighted by Gasteiger charge is -2.15. The second-order valence-electron chi connectivity index (χ2n) is 7.92. The van der Waals surface area contributed by atoms with Crippen LogP contribution in [-0.4, -0.2) is 44.3 Å². The molecule has 1 amide bonds. The van der Waals surface area contributed by atoms with Gasteiger partial charge in [-0.15, -0.1) is 0 Å². The van der Waals surface area contributed by atoms with E-state index in [2.05, 4.69) is 51.1 Å². The minimum atomic E-state index is -0.220. The Morgan fingerprint density at radius 1 is 1.31 bits per heavy atom. The van der Waals surface area contributed by atoms with E-state index in [0.29, 0.717) is 35.2 Å². The zero-order valence-electron chi connectivity index (χ0n) is 16.4. The Kier molecular flexibility index (Phi) is 4.08. The van der Waals surface area contributed by atoms with Crippen LogP contribution in [0.1, 0.15) is 39.2 Å². The van der Waals surface area contributed by atoms with E-state index in [1.807, 2.05) is 0 Å². The zero-order valence-corrected chi connectivity index (χ0v) is 16.4. The van der Waals surface area contributed by atoms with E-state index in [-0.39, 0.29) is 12.5 Å². The molecule has 2 aliphatic carbocycles. The summed E-state index contributed by atoms with van der Waals surface area (Å²) in [6.07, 6.45) is 3.69. The highest BCUT2D eigenvalue weighted by Gasteiger charge is 2.55. The predicted octanol–water partition coefficient (Wildman–Crippen LogP) is 2.54. The fourth-order valence-electron chi connectivity index (χ4n) is 4.55. The van der Waals surface area contributed by atoms with Gasteiger partial charge in [-0.3, -0.25) is 4.79 Å². The molecule has 1 saturated carbocycles. The summed E-state index contributed by atoms with van der Waals surface area (Å²) in [4.78, 5) is 26.8. The van der Waals surface area contributed by atoms with Gasteiger partial charge in [0.2, 0.25) is 5.89 Å². The van der Waals surface area contributed by atoms with Crippen LogP contribution in [0.25, 0.3) is 0 Å². The number of rotatable bonds is 5. The third-order valence-electron chi connectivity index (χ3n) is 6.13. The highest BCUT2D eigenvalue weighted by Crippen LogP contribution is 2.58. The topological polar surface area (TPSA) is 89.4 Å². The van der Waals surface area contributed by atoms with E-state index < -0.39 is 0 Å². The molecule has 2 unspecified atom stereocenters. The van der Waals surface area contributed by atoms with E-state index in [1.54, 1.807) is 25.0 Å². The molecule has 2 aromatic heterocycles. The lowest BCUT2D eigenvalue weighted by Crippen LogP contribution is -2.28. The van der Waals surface area contributed by atoms with Gasteiger partial charge in [-0.2, -0.15) is 4.98 Å². The second kappa shape index (κ2) is 6.65. The maximum absolute atomic E-state index is 12.8. The number of benzene rings is 1. The van der Waals surface area contributed by atoms with Gasteiger partial charge in [0.25, 0.3) is 5.91 Å². The summed E-state index contributed by atoms with van der Waals surface area (Å²) < 4.78 is 7.09. The maximum atomic E-state index is 12.8. The summed E-state index contributed by atoms with van der Waals surface area (Å²) in [6.45, 7) is 3.71. The number of carbonyl (C=O) groups excluding carboxylic acids is 1. The number of aliphatic imine (C=N–C) groups is 1. The number of hydrogen-bond acceptors (Lipinski definition) is 6. The van der Waals surface area contributed by atoms with Crippen molar-refractivity contribution in [2.24, 2.45) is 23.9 Å². The van der Waals surface area contributed by atoms with Gasteiger partial charge < -0.3 is 14.0 Å². The number of nitrogens with zero attached hydrogens (tertiary/aromatic N) is 6. The van der Waals surface area contributed by atoms with Crippen molar-refractivity contribution < 1.29 is 9.32 Å². The van der Waals surface area contributed by atoms with E-state index in [9.17, 15) is 4.79 Å². The van der Waals surface area contributed by atoms with Crippen LogP contribution in [0.3, 0.4) is 0 Å². The van der Waals surface area contributed by atoms with E-state index in [1.165, 1.54) is 16.0 Å². The van der Waals surface area contributed by atoms with Crippen molar-refractivity contribution in [2.45, 2.75) is 25.3 Å². The molecule has 8 nitrogen and oxygen atoms in total. The summed E-state index contributed by atoms with van der Waals surface area (Å²) in [5, 5.41) is 4.22. The average Bonchev–Trinajstić information content (AvgIpc) is 3.04. The van der Waals surface area contributed by atoms with Gasteiger partial charge in [-0.05, 0) is 42.5 Å². The number of imidazole rings is 1. The summed E-state index contributed by atoms with van der Waals surface area (Å²) in [5.41, 5.74) is 3.26. The van der Waals surface area contributed by atoms with Crippen molar-refractivity contribution in [3.05, 3.63) is 59.1 Å². The Balaban J connectivity index is 1.28. The molecule has 5 rings (SSSR count). The summed E-state index contributed by atoms with van der Waals surface area (Å²) in [7, 11) is 3.44. The first-order valence-corrected chi connectivity index (χ1v) is 9.69. The molecule has 0 spiro atoms. The zero-order chi connectivity index (χ0) is 20.1. The van der Waals surface area contributed by atoms with Crippen molar-refractivity contribution in [2.75, 3.05) is 7.05 Å². The molecular formula is C21H22N6O2. The number of hydrogen-bond donors (Lipinski definition) is 0. The van der Waals surface area contributed by atoms with E-state index >= 15 is 0 Å². The van der Waals surface area contributed by atoms with Crippen molar-refractivity contribution in [3.8, 4) is 0 Å². The van der Waals surface area contributed by atoms with Gasteiger partial charge >= 0.3 is 0 Å². The molecule has 2 atom stereocenters. The quantitative estimate of drug-likeness (QED) is 0.625. The van der Waals surface area contributed by atoms with Crippen molar-refractivity contribution in [1.29, 1.82) is 0 Å². The highest BCUT2D eigenvalue weighted by molar-refractivity contribution is 5.96. The molecule has 0 bridgehead atoms. The lowest BCUT2D eigenvalue weighted by molar-refractivity contribution is 0.0761. The van der Waals surface area contributed by atoms with Crippen LogP contribution < -0.4 is 0 Å². The first-order chi connectivity index (χ1) is 14.1. The Bertz CT molecular complexity index is 1070. The second-order valence-corrected chi connectivity index (χ2v) is 7.92. The molecule has 2 aliphatic rings. The van der Waals surface area contributed by atoms with E-state index in [4.69, 9.17) is 4.52 Å². The Morgan fingerprint density at radius 3 is 2.66 bits per heavy atom. The van der Waals surface area contributed by atoms with Crippen LogP contribution >= 0.6 is 0 Å². The Hall–Kier alpha value is -3.29. The number of aromatic nitrogens is 4. The maximum Gasteiger partial charge on any atom is 0.274 e. The third kappa shape index (κ3) is 2.95. The molecule has 0 saturated heterocycles. The summed E-state index contributed by atoms with van der Waals surface area (Å²) in [5.74, 6) is 2.81. The van der Waals surface area contributed by atoms with Gasteiger partial charge in [0.15, 0.2) is 17.3 Å². The van der Waals surface area contributed by atoms with Crippen LogP contribution in [0.4, 0.5) is 5.82 Å². The molecule has 1 fully saturated rings. The van der Waals surface area contributed by atoms with Crippen LogP contribution in [0.2, 0.25) is 0 Å². The molecule has 0 radical (unpaired) electrons. The lowest BCUT2D eigenvalue weighted by atomic mass is 9.92. The molecule has 1 aromatic carbocycles. The summed E-state index contributed by atoms with van der Waals surface area (Å²) >= 11 is 0. The minimum absolute atomic E-state index is 0.220. The fourth-order valence-corrected chi connectivity index (χ4v) is 4.55. The average molecular weight is 390 g/mol. The SMILES string of the molecule is C=Nc1ncn(C)c1C(=O)N(C)Cc1nc(C2C3Cc4ccccc4CC32)no1. The van der Waals surface area contributed by atoms with Crippen molar-refractivity contribution in [1.82, 2.24) is 24.6 Å². The van der Waals surface area contributed by atoms with Gasteiger partial charge in [0.1, 0.15) is 6.54 Å². The standard InChI is InChI=1S/C21H22N6O2/c1-22-20-18(27(3)11-23-20)21(28)26(2)10-16-24-19(25-29-16)17-14-8-12-6-4-5-7-13(12)9-15(14)17/h4-7,11,14-15,17H,1,8-10H2,2-3H3. The summed E-state index contributed by atoms with van der Waals surface area (Å²) in [6, 6.07) is 8.64. The molecule has 8 heteroatoms. The van der Waals surface area contributed by atoms with Crippen LogP contribution in [0, 0.1) is 11.8 Å². The van der Waals surface area contributed by atoms with Crippen LogP contribution in [-0.2, 0) is 26.4 Å². The van der Waals surface area contributed by atoms with Crippen molar-refractivity contribution >= 4 is 18.4 Å². The smallest absolute Gasteiger partial charge is 0.274 e. The van der Waals surface area contributed by atoms with Crippen LogP contribution in [0.5, 0.6) is 0 Å². The van der Waals surface area contributed by atoms with Gasteiger partial charge in [0, 0.05) is 20.0 Å². The molecule has 2 heterocycles. The molecule has 3 aromatic rings. The Labute approximate surface area is 168 Å². The molecule has 148 valence electrons.